The highest BCUT2D eigenvalue weighted by Crippen LogP contribution is 2.17. The summed E-state index contributed by atoms with van der Waals surface area (Å²) in [7, 11) is 1.42. The SMILES string of the molecule is CNC(=O)Oc1ccccc1C(=O)NCO. The van der Waals surface area contributed by atoms with Crippen LogP contribution in [0, 0.1) is 0 Å². The number of hydrogen-bond acceptors (Lipinski definition) is 4. The van der Waals surface area contributed by atoms with E-state index in [0.29, 0.717) is 0 Å². The molecule has 2 amide bonds. The van der Waals surface area contributed by atoms with Crippen LogP contribution in [-0.4, -0.2) is 30.9 Å². The molecule has 3 N–H and O–H groups in total. The Morgan fingerprint density at radius 2 is 2.06 bits per heavy atom. The van der Waals surface area contributed by atoms with Gasteiger partial charge >= 0.3 is 6.09 Å². The fourth-order valence-corrected chi connectivity index (χ4v) is 1.06. The summed E-state index contributed by atoms with van der Waals surface area (Å²) in [6, 6.07) is 6.24. The van der Waals surface area contributed by atoms with Gasteiger partial charge in [-0.2, -0.15) is 0 Å². The largest absolute Gasteiger partial charge is 0.412 e. The van der Waals surface area contributed by atoms with Crippen LogP contribution in [0.5, 0.6) is 5.75 Å². The van der Waals surface area contributed by atoms with Crippen LogP contribution < -0.4 is 15.4 Å². The zero-order valence-electron chi connectivity index (χ0n) is 8.69. The van der Waals surface area contributed by atoms with Gasteiger partial charge in [0.2, 0.25) is 0 Å². The van der Waals surface area contributed by atoms with Crippen LogP contribution in [0.25, 0.3) is 0 Å². The highest BCUT2D eigenvalue weighted by Gasteiger charge is 2.13. The quantitative estimate of drug-likeness (QED) is 0.635. The molecule has 0 aliphatic rings. The molecule has 0 saturated carbocycles. The van der Waals surface area contributed by atoms with Gasteiger partial charge in [0.25, 0.3) is 5.91 Å². The van der Waals surface area contributed by atoms with Gasteiger partial charge in [0.15, 0.2) is 0 Å². The molecule has 16 heavy (non-hydrogen) atoms. The molecule has 6 heteroatoms. The van der Waals surface area contributed by atoms with Crippen LogP contribution in [0.4, 0.5) is 4.79 Å². The van der Waals surface area contributed by atoms with Crippen molar-refractivity contribution in [1.82, 2.24) is 10.6 Å². The molecule has 0 atom stereocenters. The van der Waals surface area contributed by atoms with E-state index in [0.717, 1.165) is 0 Å². The Morgan fingerprint density at radius 1 is 1.38 bits per heavy atom. The van der Waals surface area contributed by atoms with Crippen molar-refractivity contribution in [1.29, 1.82) is 0 Å². The van der Waals surface area contributed by atoms with Gasteiger partial charge in [0.1, 0.15) is 12.5 Å². The highest BCUT2D eigenvalue weighted by molar-refractivity contribution is 5.97. The van der Waals surface area contributed by atoms with Gasteiger partial charge in [-0.15, -0.1) is 0 Å². The summed E-state index contributed by atoms with van der Waals surface area (Å²) in [6.07, 6.45) is -0.663. The topological polar surface area (TPSA) is 87.7 Å². The second kappa shape index (κ2) is 5.72. The van der Waals surface area contributed by atoms with Crippen LogP contribution >= 0.6 is 0 Å². The number of amides is 2. The summed E-state index contributed by atoms with van der Waals surface area (Å²) >= 11 is 0. The Morgan fingerprint density at radius 3 is 2.69 bits per heavy atom. The molecule has 0 radical (unpaired) electrons. The molecule has 0 spiro atoms. The molecule has 0 aliphatic heterocycles. The Balaban J connectivity index is 2.91. The number of hydrogen-bond donors (Lipinski definition) is 3. The number of para-hydroxylation sites is 1. The molecule has 0 aliphatic carbocycles. The molecule has 0 heterocycles. The van der Waals surface area contributed by atoms with Crippen molar-refractivity contribution >= 4 is 12.0 Å². The van der Waals surface area contributed by atoms with Crippen molar-refractivity contribution in [2.75, 3.05) is 13.8 Å². The minimum absolute atomic E-state index is 0.132. The molecule has 0 fully saturated rings. The van der Waals surface area contributed by atoms with Crippen LogP contribution in [0.1, 0.15) is 10.4 Å². The zero-order chi connectivity index (χ0) is 12.0. The van der Waals surface area contributed by atoms with E-state index in [9.17, 15) is 9.59 Å². The molecule has 86 valence electrons. The minimum Gasteiger partial charge on any atom is -0.410 e. The number of carbonyl (C=O) groups excluding carboxylic acids is 2. The molecule has 0 aromatic heterocycles. The fraction of sp³-hybridized carbons (Fsp3) is 0.200. The third-order valence-electron chi connectivity index (χ3n) is 1.78. The van der Waals surface area contributed by atoms with Crippen LogP contribution in [0.15, 0.2) is 24.3 Å². The van der Waals surface area contributed by atoms with E-state index in [-0.39, 0.29) is 11.3 Å². The third kappa shape index (κ3) is 2.96. The number of carbonyl (C=O) groups is 2. The average molecular weight is 224 g/mol. The predicted octanol–water partition coefficient (Wildman–Crippen LogP) is 0.0844. The number of aliphatic hydroxyl groups is 1. The van der Waals surface area contributed by atoms with Gasteiger partial charge in [-0.05, 0) is 12.1 Å². The van der Waals surface area contributed by atoms with Gasteiger partial charge in [0, 0.05) is 7.05 Å². The Bertz CT molecular complexity index is 392. The zero-order valence-corrected chi connectivity index (χ0v) is 8.69. The van der Waals surface area contributed by atoms with E-state index in [4.69, 9.17) is 9.84 Å². The lowest BCUT2D eigenvalue weighted by molar-refractivity contribution is 0.0908. The van der Waals surface area contributed by atoms with Gasteiger partial charge < -0.3 is 20.5 Å². The normalized spacial score (nSPS) is 9.38. The fourth-order valence-electron chi connectivity index (χ4n) is 1.06. The molecular formula is C10H12N2O4. The first-order valence-corrected chi connectivity index (χ1v) is 4.56. The first-order chi connectivity index (χ1) is 7.69. The Labute approximate surface area is 92.2 Å². The van der Waals surface area contributed by atoms with Gasteiger partial charge in [-0.25, -0.2) is 4.79 Å². The number of rotatable bonds is 3. The lowest BCUT2D eigenvalue weighted by atomic mass is 10.2. The lowest BCUT2D eigenvalue weighted by Crippen LogP contribution is -2.27. The first kappa shape index (κ1) is 12.0. The Hall–Kier alpha value is -2.08. The van der Waals surface area contributed by atoms with Crippen molar-refractivity contribution in [3.63, 3.8) is 0 Å². The minimum atomic E-state index is -0.663. The molecule has 6 nitrogen and oxygen atoms in total. The van der Waals surface area contributed by atoms with E-state index in [1.54, 1.807) is 12.1 Å². The van der Waals surface area contributed by atoms with Gasteiger partial charge in [-0.1, -0.05) is 12.1 Å². The summed E-state index contributed by atoms with van der Waals surface area (Å²) in [4.78, 5) is 22.5. The van der Waals surface area contributed by atoms with Gasteiger partial charge in [0.05, 0.1) is 5.56 Å². The van der Waals surface area contributed by atoms with Crippen molar-refractivity contribution in [2.24, 2.45) is 0 Å². The van der Waals surface area contributed by atoms with E-state index < -0.39 is 18.7 Å². The summed E-state index contributed by atoms with van der Waals surface area (Å²) in [5, 5.41) is 13.0. The second-order valence-corrected chi connectivity index (χ2v) is 2.80. The molecule has 0 saturated heterocycles. The molecule has 1 aromatic carbocycles. The lowest BCUT2D eigenvalue weighted by Gasteiger charge is -2.08. The monoisotopic (exact) mass is 224 g/mol. The number of benzene rings is 1. The summed E-state index contributed by atoms with van der Waals surface area (Å²) in [5.74, 6) is -0.380. The molecule has 0 bridgehead atoms. The summed E-state index contributed by atoms with van der Waals surface area (Å²) in [5.41, 5.74) is 0.181. The Kier molecular flexibility index (Phi) is 4.28. The number of ether oxygens (including phenoxy) is 1. The van der Waals surface area contributed by atoms with Crippen LogP contribution in [-0.2, 0) is 0 Å². The molecule has 0 unspecified atom stereocenters. The molecule has 1 rings (SSSR count). The van der Waals surface area contributed by atoms with E-state index in [2.05, 4.69) is 10.6 Å². The maximum absolute atomic E-state index is 11.5. The van der Waals surface area contributed by atoms with Gasteiger partial charge in [-0.3, -0.25) is 4.79 Å². The summed E-state index contributed by atoms with van der Waals surface area (Å²) in [6.45, 7) is -0.479. The van der Waals surface area contributed by atoms with E-state index in [1.807, 2.05) is 0 Å². The first-order valence-electron chi connectivity index (χ1n) is 4.56. The van der Waals surface area contributed by atoms with Crippen molar-refractivity contribution in [2.45, 2.75) is 0 Å². The maximum atomic E-state index is 11.5. The van der Waals surface area contributed by atoms with E-state index >= 15 is 0 Å². The van der Waals surface area contributed by atoms with Crippen molar-refractivity contribution in [3.05, 3.63) is 29.8 Å². The molecule has 1 aromatic rings. The van der Waals surface area contributed by atoms with E-state index in [1.165, 1.54) is 19.2 Å². The number of aliphatic hydroxyl groups excluding tert-OH is 1. The third-order valence-corrected chi connectivity index (χ3v) is 1.78. The predicted molar refractivity (Wildman–Crippen MR) is 56.1 cm³/mol. The standard InChI is InChI=1S/C10H12N2O4/c1-11-10(15)16-8-5-3-2-4-7(8)9(14)12-6-13/h2-5,13H,6H2,1H3,(H,11,15)(H,12,14). The van der Waals surface area contributed by atoms with Crippen molar-refractivity contribution in [3.8, 4) is 5.75 Å². The maximum Gasteiger partial charge on any atom is 0.412 e. The highest BCUT2D eigenvalue weighted by atomic mass is 16.6. The van der Waals surface area contributed by atoms with Crippen LogP contribution in [0.3, 0.4) is 0 Å². The second-order valence-electron chi connectivity index (χ2n) is 2.80. The molecular weight excluding hydrogens is 212 g/mol. The summed E-state index contributed by atoms with van der Waals surface area (Å²) < 4.78 is 4.87. The smallest absolute Gasteiger partial charge is 0.410 e. The van der Waals surface area contributed by atoms with Crippen LogP contribution in [0.2, 0.25) is 0 Å². The average Bonchev–Trinajstić information content (AvgIpc) is 2.30. The number of nitrogens with one attached hydrogen (secondary N) is 2. The van der Waals surface area contributed by atoms with Crippen molar-refractivity contribution < 1.29 is 19.4 Å².